The van der Waals surface area contributed by atoms with E-state index < -0.39 is 0 Å². The lowest BCUT2D eigenvalue weighted by Gasteiger charge is -2.45. The predicted octanol–water partition coefficient (Wildman–Crippen LogP) is 4.59. The zero-order valence-electron chi connectivity index (χ0n) is 19.4. The molecule has 3 rings (SSSR count). The first-order valence-electron chi connectivity index (χ1n) is 11.0. The summed E-state index contributed by atoms with van der Waals surface area (Å²) >= 11 is 0. The van der Waals surface area contributed by atoms with E-state index in [0.717, 1.165) is 24.8 Å². The van der Waals surface area contributed by atoms with Crippen LogP contribution < -0.4 is 14.8 Å². The number of amides is 1. The van der Waals surface area contributed by atoms with Gasteiger partial charge < -0.3 is 19.5 Å². The van der Waals surface area contributed by atoms with Crippen molar-refractivity contribution in [2.24, 2.45) is 0 Å². The van der Waals surface area contributed by atoms with Crippen LogP contribution in [0.5, 0.6) is 11.5 Å². The highest BCUT2D eigenvalue weighted by Crippen LogP contribution is 2.45. The summed E-state index contributed by atoms with van der Waals surface area (Å²) in [6.45, 7) is 7.62. The lowest BCUT2D eigenvalue weighted by Crippen LogP contribution is -2.47. The molecule has 0 aromatic heterocycles. The molecule has 1 fully saturated rings. The number of benzene rings is 2. The number of rotatable bonds is 8. The Labute approximate surface area is 186 Å². The zero-order valence-corrected chi connectivity index (χ0v) is 19.4. The molecule has 0 radical (unpaired) electrons. The maximum absolute atomic E-state index is 13.0. The van der Waals surface area contributed by atoms with E-state index in [1.807, 2.05) is 18.2 Å². The Morgan fingerprint density at radius 2 is 1.84 bits per heavy atom. The summed E-state index contributed by atoms with van der Waals surface area (Å²) in [4.78, 5) is 13.0. The van der Waals surface area contributed by atoms with Crippen LogP contribution in [0.15, 0.2) is 42.5 Å². The average molecular weight is 426 g/mol. The van der Waals surface area contributed by atoms with Gasteiger partial charge in [0.2, 0.25) is 5.91 Å². The van der Waals surface area contributed by atoms with Crippen molar-refractivity contribution in [1.82, 2.24) is 5.32 Å². The van der Waals surface area contributed by atoms with Crippen LogP contribution in [0.3, 0.4) is 0 Å². The highest BCUT2D eigenvalue weighted by atomic mass is 16.5. The highest BCUT2D eigenvalue weighted by Gasteiger charge is 2.44. The van der Waals surface area contributed by atoms with Gasteiger partial charge in [0.1, 0.15) is 0 Å². The van der Waals surface area contributed by atoms with Crippen molar-refractivity contribution in [2.75, 3.05) is 27.4 Å². The molecule has 31 heavy (non-hydrogen) atoms. The number of carbonyl (C=O) groups excluding carboxylic acids is 1. The van der Waals surface area contributed by atoms with Gasteiger partial charge in [-0.2, -0.15) is 0 Å². The SMILES string of the molecule is COc1ccc(CCNC(=O)CC2(c3ccccc3C)CCOC(C)(C)C2)cc1OC. The molecular weight excluding hydrogens is 390 g/mol. The van der Waals surface area contributed by atoms with E-state index >= 15 is 0 Å². The lowest BCUT2D eigenvalue weighted by atomic mass is 9.66. The van der Waals surface area contributed by atoms with Crippen molar-refractivity contribution in [2.45, 2.75) is 57.5 Å². The number of aryl methyl sites for hydroxylation is 1. The number of ether oxygens (including phenoxy) is 3. The van der Waals surface area contributed by atoms with Gasteiger partial charge in [-0.1, -0.05) is 30.3 Å². The molecule has 1 N–H and O–H groups in total. The Morgan fingerprint density at radius 1 is 1.10 bits per heavy atom. The van der Waals surface area contributed by atoms with Crippen molar-refractivity contribution < 1.29 is 19.0 Å². The molecule has 0 bridgehead atoms. The van der Waals surface area contributed by atoms with Crippen LogP contribution in [0, 0.1) is 6.92 Å². The van der Waals surface area contributed by atoms with Crippen molar-refractivity contribution in [3.05, 3.63) is 59.2 Å². The van der Waals surface area contributed by atoms with Gasteiger partial charge in [-0.05, 0) is 68.9 Å². The van der Waals surface area contributed by atoms with Crippen molar-refractivity contribution in [3.63, 3.8) is 0 Å². The third-order valence-corrected chi connectivity index (χ3v) is 6.24. The fourth-order valence-electron chi connectivity index (χ4n) is 4.87. The second-order valence-electron chi connectivity index (χ2n) is 9.10. The number of hydrogen-bond acceptors (Lipinski definition) is 4. The average Bonchev–Trinajstić information content (AvgIpc) is 2.73. The Morgan fingerprint density at radius 3 is 2.52 bits per heavy atom. The molecule has 1 atom stereocenters. The summed E-state index contributed by atoms with van der Waals surface area (Å²) < 4.78 is 16.7. The van der Waals surface area contributed by atoms with Crippen molar-refractivity contribution >= 4 is 5.91 Å². The molecule has 1 saturated heterocycles. The van der Waals surface area contributed by atoms with E-state index in [0.29, 0.717) is 31.1 Å². The van der Waals surface area contributed by atoms with Crippen LogP contribution in [0.1, 0.15) is 49.8 Å². The molecule has 5 heteroatoms. The molecule has 1 heterocycles. The van der Waals surface area contributed by atoms with Crippen LogP contribution in [0.2, 0.25) is 0 Å². The molecule has 1 amide bonds. The van der Waals surface area contributed by atoms with Gasteiger partial charge in [-0.15, -0.1) is 0 Å². The minimum Gasteiger partial charge on any atom is -0.493 e. The molecule has 168 valence electrons. The van der Waals surface area contributed by atoms with E-state index in [2.05, 4.69) is 50.4 Å². The molecule has 1 unspecified atom stereocenters. The van der Waals surface area contributed by atoms with Gasteiger partial charge in [0, 0.05) is 25.0 Å². The highest BCUT2D eigenvalue weighted by molar-refractivity contribution is 5.78. The number of hydrogen-bond donors (Lipinski definition) is 1. The van der Waals surface area contributed by atoms with E-state index in [1.165, 1.54) is 11.1 Å². The van der Waals surface area contributed by atoms with Crippen LogP contribution in [-0.2, 0) is 21.4 Å². The first-order valence-corrected chi connectivity index (χ1v) is 11.0. The maximum Gasteiger partial charge on any atom is 0.220 e. The Bertz CT molecular complexity index is 908. The normalized spacial score (nSPS) is 20.2. The molecule has 2 aromatic carbocycles. The third kappa shape index (κ3) is 5.59. The molecule has 0 aliphatic carbocycles. The van der Waals surface area contributed by atoms with Gasteiger partial charge in [-0.25, -0.2) is 0 Å². The molecule has 2 aromatic rings. The summed E-state index contributed by atoms with van der Waals surface area (Å²) in [5.74, 6) is 1.49. The van der Waals surface area contributed by atoms with Crippen molar-refractivity contribution in [1.29, 1.82) is 0 Å². The Hall–Kier alpha value is -2.53. The van der Waals surface area contributed by atoms with Crippen molar-refractivity contribution in [3.8, 4) is 11.5 Å². The molecule has 1 aliphatic rings. The zero-order chi connectivity index (χ0) is 22.5. The van der Waals surface area contributed by atoms with E-state index in [9.17, 15) is 4.79 Å². The maximum atomic E-state index is 13.0. The predicted molar refractivity (Wildman–Crippen MR) is 123 cm³/mol. The molecule has 0 saturated carbocycles. The first-order chi connectivity index (χ1) is 14.8. The smallest absolute Gasteiger partial charge is 0.220 e. The number of carbonyl (C=O) groups is 1. The van der Waals surface area contributed by atoms with E-state index in [4.69, 9.17) is 14.2 Å². The molecule has 1 aliphatic heterocycles. The molecular formula is C26H35NO4. The van der Waals surface area contributed by atoms with Crippen LogP contribution >= 0.6 is 0 Å². The monoisotopic (exact) mass is 425 g/mol. The van der Waals surface area contributed by atoms with Gasteiger partial charge in [0.05, 0.1) is 19.8 Å². The van der Waals surface area contributed by atoms with E-state index in [-0.39, 0.29) is 16.9 Å². The quantitative estimate of drug-likeness (QED) is 0.672. The van der Waals surface area contributed by atoms with Gasteiger partial charge in [-0.3, -0.25) is 4.79 Å². The van der Waals surface area contributed by atoms with E-state index in [1.54, 1.807) is 14.2 Å². The minimum absolute atomic E-state index is 0.0847. The summed E-state index contributed by atoms with van der Waals surface area (Å²) in [5.41, 5.74) is 3.14. The minimum atomic E-state index is -0.250. The largest absolute Gasteiger partial charge is 0.493 e. The summed E-state index contributed by atoms with van der Waals surface area (Å²) in [7, 11) is 3.25. The molecule has 0 spiro atoms. The van der Waals surface area contributed by atoms with Crippen LogP contribution in [0.4, 0.5) is 0 Å². The van der Waals surface area contributed by atoms with Gasteiger partial charge >= 0.3 is 0 Å². The molecule has 5 nitrogen and oxygen atoms in total. The van der Waals surface area contributed by atoms with Gasteiger partial charge in [0.15, 0.2) is 11.5 Å². The summed E-state index contributed by atoms with van der Waals surface area (Å²) in [6, 6.07) is 14.3. The second kappa shape index (κ2) is 9.73. The topological polar surface area (TPSA) is 56.8 Å². The summed E-state index contributed by atoms with van der Waals surface area (Å²) in [5, 5.41) is 3.13. The Balaban J connectivity index is 1.68. The van der Waals surface area contributed by atoms with Crippen LogP contribution in [-0.4, -0.2) is 38.9 Å². The van der Waals surface area contributed by atoms with Crippen LogP contribution in [0.25, 0.3) is 0 Å². The Kier molecular flexibility index (Phi) is 7.26. The lowest BCUT2D eigenvalue weighted by molar-refractivity contribution is -0.126. The second-order valence-corrected chi connectivity index (χ2v) is 9.10. The first kappa shape index (κ1) is 23.1. The number of nitrogens with one attached hydrogen (secondary N) is 1. The number of methoxy groups -OCH3 is 2. The third-order valence-electron chi connectivity index (χ3n) is 6.24. The fraction of sp³-hybridized carbons (Fsp3) is 0.500. The van der Waals surface area contributed by atoms with Gasteiger partial charge in [0.25, 0.3) is 0 Å². The fourth-order valence-corrected chi connectivity index (χ4v) is 4.87. The standard InChI is InChI=1S/C26H35NO4/c1-19-8-6-7-9-21(19)26(13-15-31-25(2,3)18-26)17-24(28)27-14-12-20-10-11-22(29-4)23(16-20)30-5/h6-11,16H,12-15,17-18H2,1-5H3,(H,27,28). The summed E-state index contributed by atoms with van der Waals surface area (Å²) in [6.07, 6.45) is 2.88.